The molecule has 0 heterocycles. The van der Waals surface area contributed by atoms with E-state index < -0.39 is 5.60 Å². The normalized spacial score (nSPS) is 20.1. The highest BCUT2D eigenvalue weighted by molar-refractivity contribution is 6.30. The van der Waals surface area contributed by atoms with Crippen molar-refractivity contribution in [3.63, 3.8) is 0 Å². The van der Waals surface area contributed by atoms with Crippen LogP contribution in [0.25, 0.3) is 0 Å². The van der Waals surface area contributed by atoms with E-state index in [2.05, 4.69) is 5.32 Å². The highest BCUT2D eigenvalue weighted by Gasteiger charge is 2.36. The van der Waals surface area contributed by atoms with Crippen LogP contribution in [0.2, 0.25) is 5.02 Å². The molecule has 0 saturated heterocycles. The summed E-state index contributed by atoms with van der Waals surface area (Å²) in [5, 5.41) is 14.1. The van der Waals surface area contributed by atoms with Gasteiger partial charge >= 0.3 is 0 Å². The zero-order valence-corrected chi connectivity index (χ0v) is 12.2. The van der Waals surface area contributed by atoms with E-state index >= 15 is 0 Å². The first-order valence-electron chi connectivity index (χ1n) is 6.93. The molecule has 1 aliphatic rings. The summed E-state index contributed by atoms with van der Waals surface area (Å²) in [7, 11) is 0. The van der Waals surface area contributed by atoms with Crippen LogP contribution in [-0.4, -0.2) is 17.6 Å². The molecule has 2 aromatic carbocycles. The second-order valence-electron chi connectivity index (χ2n) is 5.38. The van der Waals surface area contributed by atoms with Gasteiger partial charge in [-0.25, -0.2) is 0 Å². The van der Waals surface area contributed by atoms with E-state index in [1.54, 1.807) is 24.3 Å². The molecule has 0 radical (unpaired) electrons. The van der Waals surface area contributed by atoms with Crippen molar-refractivity contribution in [3.05, 3.63) is 70.2 Å². The molecule has 108 valence electrons. The Morgan fingerprint density at radius 1 is 1.24 bits per heavy atom. The van der Waals surface area contributed by atoms with Gasteiger partial charge in [0, 0.05) is 10.6 Å². The van der Waals surface area contributed by atoms with Crippen LogP contribution in [0.15, 0.2) is 48.5 Å². The zero-order valence-electron chi connectivity index (χ0n) is 11.5. The van der Waals surface area contributed by atoms with E-state index in [1.165, 1.54) is 0 Å². The number of carbonyl (C=O) groups is 1. The van der Waals surface area contributed by atoms with Gasteiger partial charge in [-0.15, -0.1) is 0 Å². The molecule has 1 amide bonds. The molecule has 0 fully saturated rings. The lowest BCUT2D eigenvalue weighted by Gasteiger charge is -2.24. The maximum absolute atomic E-state index is 12.1. The van der Waals surface area contributed by atoms with Crippen molar-refractivity contribution in [1.29, 1.82) is 0 Å². The molecule has 1 aliphatic carbocycles. The molecule has 0 spiro atoms. The minimum atomic E-state index is -0.981. The Hall–Kier alpha value is -1.84. The van der Waals surface area contributed by atoms with E-state index in [9.17, 15) is 9.90 Å². The Morgan fingerprint density at radius 3 is 2.86 bits per heavy atom. The standard InChI is InChI=1S/C17H16ClNO2/c18-14-6-3-5-13(10-14)16(20)19-11-17(21)9-8-12-4-1-2-7-15(12)17/h1-7,10,21H,8-9,11H2,(H,19,20). The number of benzene rings is 2. The van der Waals surface area contributed by atoms with Gasteiger partial charge < -0.3 is 10.4 Å². The Labute approximate surface area is 128 Å². The van der Waals surface area contributed by atoms with Gasteiger partial charge in [-0.3, -0.25) is 4.79 Å². The summed E-state index contributed by atoms with van der Waals surface area (Å²) in [4.78, 5) is 12.1. The molecule has 3 rings (SSSR count). The quantitative estimate of drug-likeness (QED) is 0.916. The van der Waals surface area contributed by atoms with Crippen molar-refractivity contribution in [2.75, 3.05) is 6.54 Å². The maximum Gasteiger partial charge on any atom is 0.251 e. The van der Waals surface area contributed by atoms with Gasteiger partial charge in [-0.1, -0.05) is 41.9 Å². The minimum Gasteiger partial charge on any atom is -0.383 e. The van der Waals surface area contributed by atoms with E-state index in [0.29, 0.717) is 17.0 Å². The van der Waals surface area contributed by atoms with Crippen LogP contribution in [0.3, 0.4) is 0 Å². The second kappa shape index (κ2) is 5.51. The summed E-state index contributed by atoms with van der Waals surface area (Å²) in [6, 6.07) is 14.6. The number of halogens is 1. The van der Waals surface area contributed by atoms with E-state index in [4.69, 9.17) is 11.6 Å². The van der Waals surface area contributed by atoms with Crippen molar-refractivity contribution in [3.8, 4) is 0 Å². The van der Waals surface area contributed by atoms with Gasteiger partial charge in [-0.05, 0) is 42.2 Å². The fourth-order valence-electron chi connectivity index (χ4n) is 2.81. The van der Waals surface area contributed by atoms with Gasteiger partial charge in [0.15, 0.2) is 0 Å². The van der Waals surface area contributed by atoms with Gasteiger partial charge in [0.1, 0.15) is 5.60 Å². The number of amides is 1. The fraction of sp³-hybridized carbons (Fsp3) is 0.235. The molecule has 2 N–H and O–H groups in total. The Bertz CT molecular complexity index is 686. The van der Waals surface area contributed by atoms with Crippen molar-refractivity contribution in [2.45, 2.75) is 18.4 Å². The first kappa shape index (κ1) is 14.1. The number of hydrogen-bond acceptors (Lipinski definition) is 2. The number of aliphatic hydroxyl groups is 1. The number of nitrogens with one attached hydrogen (secondary N) is 1. The smallest absolute Gasteiger partial charge is 0.251 e. The van der Waals surface area contributed by atoms with Crippen LogP contribution < -0.4 is 5.32 Å². The molecular formula is C17H16ClNO2. The Morgan fingerprint density at radius 2 is 2.05 bits per heavy atom. The summed E-state index contributed by atoms with van der Waals surface area (Å²) in [5.41, 5.74) is 1.58. The predicted octanol–water partition coefficient (Wildman–Crippen LogP) is 2.90. The minimum absolute atomic E-state index is 0.204. The summed E-state index contributed by atoms with van der Waals surface area (Å²) in [5.74, 6) is -0.227. The molecule has 0 aromatic heterocycles. The first-order chi connectivity index (χ1) is 10.1. The van der Waals surface area contributed by atoms with E-state index in [1.807, 2.05) is 24.3 Å². The van der Waals surface area contributed by atoms with Gasteiger partial charge in [0.05, 0.1) is 6.54 Å². The van der Waals surface area contributed by atoms with E-state index in [-0.39, 0.29) is 12.5 Å². The van der Waals surface area contributed by atoms with Gasteiger partial charge in [0.2, 0.25) is 0 Å². The third kappa shape index (κ3) is 2.80. The van der Waals surface area contributed by atoms with Crippen LogP contribution in [-0.2, 0) is 12.0 Å². The summed E-state index contributed by atoms with van der Waals surface area (Å²) in [6.45, 7) is 0.204. The first-order valence-corrected chi connectivity index (χ1v) is 7.31. The van der Waals surface area contributed by atoms with Crippen molar-refractivity contribution >= 4 is 17.5 Å². The average Bonchev–Trinajstić information content (AvgIpc) is 2.83. The number of aryl methyl sites for hydroxylation is 1. The van der Waals surface area contributed by atoms with E-state index in [0.717, 1.165) is 17.5 Å². The molecule has 4 heteroatoms. The summed E-state index contributed by atoms with van der Waals surface area (Å²) in [6.07, 6.45) is 1.46. The topological polar surface area (TPSA) is 49.3 Å². The molecular weight excluding hydrogens is 286 g/mol. The maximum atomic E-state index is 12.1. The zero-order chi connectivity index (χ0) is 14.9. The molecule has 0 bridgehead atoms. The Balaban J connectivity index is 1.72. The summed E-state index contributed by atoms with van der Waals surface area (Å²) >= 11 is 5.88. The van der Waals surface area contributed by atoms with Gasteiger partial charge in [-0.2, -0.15) is 0 Å². The van der Waals surface area contributed by atoms with Crippen LogP contribution in [0.4, 0.5) is 0 Å². The van der Waals surface area contributed by atoms with Crippen molar-refractivity contribution < 1.29 is 9.90 Å². The SMILES string of the molecule is O=C(NCC1(O)CCc2ccccc21)c1cccc(Cl)c1. The van der Waals surface area contributed by atoms with Crippen molar-refractivity contribution in [1.82, 2.24) is 5.32 Å². The third-order valence-electron chi connectivity index (χ3n) is 3.95. The van der Waals surface area contributed by atoms with Crippen LogP contribution in [0, 0.1) is 0 Å². The lowest BCUT2D eigenvalue weighted by Crippen LogP contribution is -2.39. The average molecular weight is 302 g/mol. The lowest BCUT2D eigenvalue weighted by molar-refractivity contribution is 0.0369. The number of hydrogen-bond donors (Lipinski definition) is 2. The van der Waals surface area contributed by atoms with Gasteiger partial charge in [0.25, 0.3) is 5.91 Å². The molecule has 1 atom stereocenters. The van der Waals surface area contributed by atoms with Crippen LogP contribution in [0.1, 0.15) is 27.9 Å². The molecule has 0 saturated carbocycles. The molecule has 0 aliphatic heterocycles. The molecule has 2 aromatic rings. The lowest BCUT2D eigenvalue weighted by atomic mass is 9.96. The van der Waals surface area contributed by atoms with Crippen LogP contribution in [0.5, 0.6) is 0 Å². The highest BCUT2D eigenvalue weighted by Crippen LogP contribution is 2.36. The number of fused-ring (bicyclic) bond motifs is 1. The van der Waals surface area contributed by atoms with Crippen molar-refractivity contribution in [2.24, 2.45) is 0 Å². The monoisotopic (exact) mass is 301 g/mol. The van der Waals surface area contributed by atoms with Crippen LogP contribution >= 0.6 is 11.6 Å². The molecule has 3 nitrogen and oxygen atoms in total. The molecule has 21 heavy (non-hydrogen) atoms. The number of carbonyl (C=O) groups excluding carboxylic acids is 1. The number of rotatable bonds is 3. The molecule has 1 unspecified atom stereocenters. The Kier molecular flexibility index (Phi) is 3.70. The highest BCUT2D eigenvalue weighted by atomic mass is 35.5. The summed E-state index contributed by atoms with van der Waals surface area (Å²) < 4.78 is 0. The predicted molar refractivity (Wildman–Crippen MR) is 82.4 cm³/mol. The largest absolute Gasteiger partial charge is 0.383 e. The fourth-order valence-corrected chi connectivity index (χ4v) is 3.00. The third-order valence-corrected chi connectivity index (χ3v) is 4.19. The second-order valence-corrected chi connectivity index (χ2v) is 5.82.